The highest BCUT2D eigenvalue weighted by atomic mass is 32.2. The summed E-state index contributed by atoms with van der Waals surface area (Å²) in [6.45, 7) is 0.450. The van der Waals surface area contributed by atoms with Crippen LogP contribution in [-0.4, -0.2) is 28.2 Å². The number of benzene rings is 2. The zero-order valence-corrected chi connectivity index (χ0v) is 21.9. The van der Waals surface area contributed by atoms with Crippen molar-refractivity contribution in [1.82, 2.24) is 4.90 Å². The van der Waals surface area contributed by atoms with Crippen LogP contribution in [0.5, 0.6) is 11.5 Å². The molecule has 5 nitrogen and oxygen atoms in total. The van der Waals surface area contributed by atoms with Crippen LogP contribution in [0.2, 0.25) is 0 Å². The quantitative estimate of drug-likeness (QED) is 0.196. The van der Waals surface area contributed by atoms with Gasteiger partial charge in [-0.15, -0.1) is 0 Å². The highest BCUT2D eigenvalue weighted by Gasteiger charge is 2.55. The number of thioether (sulfide) groups is 1. The maximum Gasteiger partial charge on any atom is 0.317 e. The van der Waals surface area contributed by atoms with Crippen molar-refractivity contribution in [3.63, 3.8) is 0 Å². The third kappa shape index (κ3) is 4.37. The van der Waals surface area contributed by atoms with E-state index in [1.165, 1.54) is 31.0 Å². The number of hydrogen-bond acceptors (Lipinski definition) is 6. The summed E-state index contributed by atoms with van der Waals surface area (Å²) in [6, 6.07) is 15.3. The van der Waals surface area contributed by atoms with Gasteiger partial charge in [-0.3, -0.25) is 14.5 Å². The topological polar surface area (TPSA) is 55.8 Å². The van der Waals surface area contributed by atoms with E-state index in [2.05, 4.69) is 0 Å². The number of rotatable bonds is 6. The van der Waals surface area contributed by atoms with Crippen LogP contribution in [0.25, 0.3) is 6.08 Å². The monoisotopic (exact) mass is 519 g/mol. The molecule has 186 valence electrons. The van der Waals surface area contributed by atoms with Gasteiger partial charge in [0.2, 0.25) is 0 Å². The van der Waals surface area contributed by atoms with Gasteiger partial charge in [-0.2, -0.15) is 0 Å². The van der Waals surface area contributed by atoms with Gasteiger partial charge in [-0.25, -0.2) is 0 Å². The first-order valence-electron chi connectivity index (χ1n) is 12.6. The molecule has 0 radical (unpaired) electrons. The van der Waals surface area contributed by atoms with E-state index < -0.39 is 0 Å². The van der Waals surface area contributed by atoms with E-state index in [0.717, 1.165) is 30.4 Å². The van der Waals surface area contributed by atoms with Crippen LogP contribution in [-0.2, 0) is 16.1 Å². The summed E-state index contributed by atoms with van der Waals surface area (Å²) in [5.74, 6) is 2.74. The average molecular weight is 520 g/mol. The van der Waals surface area contributed by atoms with Crippen molar-refractivity contribution in [3.8, 4) is 11.5 Å². The fraction of sp³-hybridized carbons (Fsp3) is 0.414. The molecule has 1 heterocycles. The predicted octanol–water partition coefficient (Wildman–Crippen LogP) is 6.22. The number of esters is 1. The normalized spacial score (nSPS) is 29.8. The summed E-state index contributed by atoms with van der Waals surface area (Å²) >= 11 is 6.78. The summed E-state index contributed by atoms with van der Waals surface area (Å²) < 4.78 is 12.1. The van der Waals surface area contributed by atoms with Gasteiger partial charge in [0.25, 0.3) is 5.91 Å². The number of carbonyl (C=O) groups excluding carboxylic acids is 2. The lowest BCUT2D eigenvalue weighted by atomic mass is 9.49. The van der Waals surface area contributed by atoms with Crippen LogP contribution in [0, 0.1) is 23.2 Å². The van der Waals surface area contributed by atoms with Crippen LogP contribution < -0.4 is 9.47 Å². The molecule has 36 heavy (non-hydrogen) atoms. The zero-order chi connectivity index (χ0) is 24.9. The molecule has 1 amide bonds. The minimum atomic E-state index is -0.328. The lowest BCUT2D eigenvalue weighted by Gasteiger charge is -2.55. The Kier molecular flexibility index (Phi) is 6.16. The molecular weight excluding hydrogens is 490 g/mol. The van der Waals surface area contributed by atoms with E-state index in [9.17, 15) is 9.59 Å². The maximum atomic E-state index is 13.4. The van der Waals surface area contributed by atoms with E-state index in [0.29, 0.717) is 45.0 Å². The number of methoxy groups -OCH3 is 1. The molecule has 7 heteroatoms. The standard InChI is InChI=1S/C29H29NO4S2/c1-33-24-12-19(13-25-26(31)30(28(35)36-25)17-18-5-3-2-4-6-18)7-8-23(24)34-27(32)29-14-20-9-21(15-29)11-22(10-20)16-29/h2-8,12-13,20-22H,9-11,14-17H2,1H3. The van der Waals surface area contributed by atoms with Gasteiger partial charge in [-0.1, -0.05) is 60.4 Å². The Morgan fingerprint density at radius 3 is 2.36 bits per heavy atom. The van der Waals surface area contributed by atoms with Gasteiger partial charge < -0.3 is 9.47 Å². The highest BCUT2D eigenvalue weighted by molar-refractivity contribution is 8.26. The average Bonchev–Trinajstić information content (AvgIpc) is 3.12. The number of carbonyl (C=O) groups is 2. The molecule has 2 aromatic rings. The molecule has 1 aliphatic heterocycles. The molecular formula is C29H29NO4S2. The number of amides is 1. The predicted molar refractivity (Wildman–Crippen MR) is 144 cm³/mol. The molecule has 5 fully saturated rings. The Hall–Kier alpha value is -2.64. The Bertz CT molecular complexity index is 1220. The van der Waals surface area contributed by atoms with Gasteiger partial charge >= 0.3 is 5.97 Å². The van der Waals surface area contributed by atoms with Crippen molar-refractivity contribution in [1.29, 1.82) is 0 Å². The maximum absolute atomic E-state index is 13.4. The molecule has 0 unspecified atom stereocenters. The highest BCUT2D eigenvalue weighted by Crippen LogP contribution is 2.60. The summed E-state index contributed by atoms with van der Waals surface area (Å²) in [5, 5.41) is 0. The molecule has 0 N–H and O–H groups in total. The Balaban J connectivity index is 1.18. The van der Waals surface area contributed by atoms with Gasteiger partial charge in [0.05, 0.1) is 24.0 Å². The first-order valence-corrected chi connectivity index (χ1v) is 13.8. The van der Waals surface area contributed by atoms with Crippen molar-refractivity contribution >= 4 is 46.3 Å². The third-order valence-electron chi connectivity index (χ3n) is 8.22. The second kappa shape index (κ2) is 9.34. The van der Waals surface area contributed by atoms with E-state index in [1.54, 1.807) is 18.1 Å². The summed E-state index contributed by atoms with van der Waals surface area (Å²) in [6.07, 6.45) is 8.54. The van der Waals surface area contributed by atoms with Gasteiger partial charge in [0, 0.05) is 0 Å². The fourth-order valence-electron chi connectivity index (χ4n) is 6.98. The first-order chi connectivity index (χ1) is 17.4. The van der Waals surface area contributed by atoms with Crippen LogP contribution in [0.4, 0.5) is 0 Å². The Morgan fingerprint density at radius 2 is 1.72 bits per heavy atom. The Labute approximate surface area is 221 Å². The minimum absolute atomic E-state index is 0.102. The molecule has 0 atom stereocenters. The molecule has 7 rings (SSSR count). The molecule has 4 saturated carbocycles. The lowest BCUT2D eigenvalue weighted by molar-refractivity contribution is -0.161. The molecule has 0 spiro atoms. The lowest BCUT2D eigenvalue weighted by Crippen LogP contribution is -2.51. The summed E-state index contributed by atoms with van der Waals surface area (Å²) in [5.41, 5.74) is 1.49. The second-order valence-corrected chi connectivity index (χ2v) is 12.4. The third-order valence-corrected chi connectivity index (χ3v) is 9.59. The molecule has 1 saturated heterocycles. The van der Waals surface area contributed by atoms with Crippen molar-refractivity contribution in [2.75, 3.05) is 7.11 Å². The van der Waals surface area contributed by atoms with Crippen molar-refractivity contribution in [3.05, 3.63) is 64.6 Å². The van der Waals surface area contributed by atoms with Crippen LogP contribution in [0.15, 0.2) is 53.4 Å². The largest absolute Gasteiger partial charge is 0.493 e. The molecule has 2 aromatic carbocycles. The molecule has 4 aliphatic carbocycles. The minimum Gasteiger partial charge on any atom is -0.493 e. The van der Waals surface area contributed by atoms with Crippen molar-refractivity contribution in [2.45, 2.75) is 45.1 Å². The Morgan fingerprint density at radius 1 is 1.06 bits per heavy atom. The van der Waals surface area contributed by atoms with E-state index in [-0.39, 0.29) is 17.3 Å². The number of hydrogen-bond donors (Lipinski definition) is 0. The van der Waals surface area contributed by atoms with E-state index in [4.69, 9.17) is 21.7 Å². The summed E-state index contributed by atoms with van der Waals surface area (Å²) in [4.78, 5) is 28.6. The smallest absolute Gasteiger partial charge is 0.317 e. The van der Waals surface area contributed by atoms with Crippen molar-refractivity contribution < 1.29 is 19.1 Å². The number of thiocarbonyl (C=S) groups is 1. The fourth-order valence-corrected chi connectivity index (χ4v) is 8.24. The molecule has 5 aliphatic rings. The van der Waals surface area contributed by atoms with Crippen LogP contribution in [0.3, 0.4) is 0 Å². The summed E-state index contributed by atoms with van der Waals surface area (Å²) in [7, 11) is 1.57. The number of ether oxygens (including phenoxy) is 2. The van der Waals surface area contributed by atoms with Gasteiger partial charge in [0.15, 0.2) is 11.5 Å². The molecule has 0 aromatic heterocycles. The van der Waals surface area contributed by atoms with Gasteiger partial charge in [0.1, 0.15) is 4.32 Å². The zero-order valence-electron chi connectivity index (χ0n) is 20.3. The molecule has 4 bridgehead atoms. The van der Waals surface area contributed by atoms with Crippen LogP contribution >= 0.6 is 24.0 Å². The van der Waals surface area contributed by atoms with E-state index >= 15 is 0 Å². The van der Waals surface area contributed by atoms with Gasteiger partial charge in [-0.05, 0) is 85.6 Å². The second-order valence-electron chi connectivity index (χ2n) is 10.8. The van der Waals surface area contributed by atoms with E-state index in [1.807, 2.05) is 48.5 Å². The first kappa shape index (κ1) is 23.7. The number of nitrogens with zero attached hydrogens (tertiary/aromatic N) is 1. The van der Waals surface area contributed by atoms with Crippen LogP contribution in [0.1, 0.15) is 49.7 Å². The SMILES string of the molecule is COc1cc(C=C2SC(=S)N(Cc3ccccc3)C2=O)ccc1OC(=O)C12CC3CC(CC(C3)C1)C2. The van der Waals surface area contributed by atoms with Crippen molar-refractivity contribution in [2.24, 2.45) is 23.2 Å².